The third kappa shape index (κ3) is 5.68. The number of aromatic nitrogens is 1. The minimum atomic E-state index is -0.842. The van der Waals surface area contributed by atoms with Crippen molar-refractivity contribution in [2.24, 2.45) is 5.92 Å². The summed E-state index contributed by atoms with van der Waals surface area (Å²) in [6.45, 7) is 11.3. The lowest BCUT2D eigenvalue weighted by Crippen LogP contribution is -2.42. The minimum absolute atomic E-state index is 0.119. The highest BCUT2D eigenvalue weighted by atomic mass is 16.5. The number of amides is 1. The highest BCUT2D eigenvalue weighted by Gasteiger charge is 2.33. The lowest BCUT2D eigenvalue weighted by atomic mass is 9.96. The SMILES string of the molecule is CCCCC[C@](C)(OCC)C(=O)Nc1ccc(OCC(C)C)c2ncccc12. The number of hydrogen-bond acceptors (Lipinski definition) is 4. The summed E-state index contributed by atoms with van der Waals surface area (Å²) in [5, 5.41) is 3.94. The van der Waals surface area contributed by atoms with Crippen molar-refractivity contribution >= 4 is 22.5 Å². The van der Waals surface area contributed by atoms with Crippen LogP contribution in [0.5, 0.6) is 5.75 Å². The number of anilines is 1. The molecule has 1 atom stereocenters. The van der Waals surface area contributed by atoms with E-state index in [9.17, 15) is 4.79 Å². The molecular formula is C23H34N2O3. The summed E-state index contributed by atoms with van der Waals surface area (Å²) in [6.07, 6.45) is 5.60. The Kier molecular flexibility index (Phi) is 8.24. The van der Waals surface area contributed by atoms with Crippen LogP contribution >= 0.6 is 0 Å². The zero-order chi connectivity index (χ0) is 20.6. The van der Waals surface area contributed by atoms with Gasteiger partial charge in [0.2, 0.25) is 0 Å². The fraction of sp³-hybridized carbons (Fsp3) is 0.565. The molecule has 0 saturated heterocycles. The molecule has 154 valence electrons. The van der Waals surface area contributed by atoms with Crippen LogP contribution in [-0.2, 0) is 9.53 Å². The van der Waals surface area contributed by atoms with Crippen LogP contribution in [0.25, 0.3) is 10.9 Å². The van der Waals surface area contributed by atoms with Gasteiger partial charge >= 0.3 is 0 Å². The molecule has 1 aromatic carbocycles. The Balaban J connectivity index is 2.27. The highest BCUT2D eigenvalue weighted by Crippen LogP contribution is 2.31. The normalized spacial score (nSPS) is 13.5. The van der Waals surface area contributed by atoms with E-state index in [1.165, 1.54) is 0 Å². The number of hydrogen-bond donors (Lipinski definition) is 1. The van der Waals surface area contributed by atoms with E-state index in [0.717, 1.165) is 41.6 Å². The molecular weight excluding hydrogens is 352 g/mol. The number of rotatable bonds is 11. The number of carbonyl (C=O) groups excluding carboxylic acids is 1. The summed E-state index contributed by atoms with van der Waals surface area (Å²) in [6, 6.07) is 7.58. The van der Waals surface area contributed by atoms with E-state index < -0.39 is 5.60 Å². The van der Waals surface area contributed by atoms with Crippen molar-refractivity contribution in [3.05, 3.63) is 30.5 Å². The molecule has 1 heterocycles. The van der Waals surface area contributed by atoms with Gasteiger partial charge in [-0.3, -0.25) is 9.78 Å². The summed E-state index contributed by atoms with van der Waals surface area (Å²) < 4.78 is 11.8. The van der Waals surface area contributed by atoms with E-state index in [2.05, 4.69) is 31.1 Å². The average Bonchev–Trinajstić information content (AvgIpc) is 2.67. The Morgan fingerprint density at radius 1 is 1.21 bits per heavy atom. The van der Waals surface area contributed by atoms with Gasteiger partial charge in [-0.25, -0.2) is 0 Å². The van der Waals surface area contributed by atoms with Gasteiger partial charge in [0.25, 0.3) is 5.91 Å². The van der Waals surface area contributed by atoms with Crippen LogP contribution in [0.4, 0.5) is 5.69 Å². The Bertz CT molecular complexity index is 776. The Morgan fingerprint density at radius 3 is 2.68 bits per heavy atom. The molecule has 1 amide bonds. The summed E-state index contributed by atoms with van der Waals surface area (Å²) in [4.78, 5) is 17.6. The first-order valence-corrected chi connectivity index (χ1v) is 10.4. The number of nitrogens with zero attached hydrogens (tertiary/aromatic N) is 1. The van der Waals surface area contributed by atoms with Gasteiger partial charge in [-0.1, -0.05) is 40.0 Å². The molecule has 0 saturated carbocycles. The van der Waals surface area contributed by atoms with Crippen molar-refractivity contribution in [1.82, 2.24) is 4.98 Å². The molecule has 1 aromatic heterocycles. The molecule has 0 radical (unpaired) electrons. The average molecular weight is 387 g/mol. The topological polar surface area (TPSA) is 60.5 Å². The van der Waals surface area contributed by atoms with Gasteiger partial charge in [0.1, 0.15) is 16.9 Å². The maximum absolute atomic E-state index is 13.1. The van der Waals surface area contributed by atoms with Crippen LogP contribution < -0.4 is 10.1 Å². The first kappa shape index (κ1) is 22.2. The van der Waals surface area contributed by atoms with Crippen LogP contribution in [0.1, 0.15) is 60.3 Å². The summed E-state index contributed by atoms with van der Waals surface area (Å²) in [5.74, 6) is 1.04. The quantitative estimate of drug-likeness (QED) is 0.512. The second kappa shape index (κ2) is 10.4. The molecule has 1 N–H and O–H groups in total. The predicted molar refractivity (Wildman–Crippen MR) is 115 cm³/mol. The van der Waals surface area contributed by atoms with E-state index in [-0.39, 0.29) is 5.91 Å². The van der Waals surface area contributed by atoms with Gasteiger partial charge in [0.15, 0.2) is 0 Å². The minimum Gasteiger partial charge on any atom is -0.491 e. The largest absolute Gasteiger partial charge is 0.491 e. The summed E-state index contributed by atoms with van der Waals surface area (Å²) in [7, 11) is 0. The number of ether oxygens (including phenoxy) is 2. The number of fused-ring (bicyclic) bond motifs is 1. The highest BCUT2D eigenvalue weighted by molar-refractivity contribution is 6.05. The number of unbranched alkanes of at least 4 members (excludes halogenated alkanes) is 2. The molecule has 0 aliphatic carbocycles. The van der Waals surface area contributed by atoms with Crippen molar-refractivity contribution in [2.45, 2.75) is 65.9 Å². The smallest absolute Gasteiger partial charge is 0.256 e. The molecule has 2 rings (SSSR count). The lowest BCUT2D eigenvalue weighted by molar-refractivity contribution is -0.139. The third-order valence-corrected chi connectivity index (χ3v) is 4.75. The molecule has 2 aromatic rings. The van der Waals surface area contributed by atoms with Crippen molar-refractivity contribution < 1.29 is 14.3 Å². The molecule has 0 aliphatic rings. The maximum atomic E-state index is 13.1. The number of nitrogens with one attached hydrogen (secondary N) is 1. The third-order valence-electron chi connectivity index (χ3n) is 4.75. The van der Waals surface area contributed by atoms with Gasteiger partial charge in [0.05, 0.1) is 12.3 Å². The second-order valence-corrected chi connectivity index (χ2v) is 7.79. The molecule has 0 fully saturated rings. The van der Waals surface area contributed by atoms with E-state index in [1.807, 2.05) is 38.1 Å². The predicted octanol–water partition coefficient (Wildman–Crippen LogP) is 5.58. The Labute approximate surface area is 168 Å². The van der Waals surface area contributed by atoms with Crippen molar-refractivity contribution in [1.29, 1.82) is 0 Å². The molecule has 0 spiro atoms. The van der Waals surface area contributed by atoms with Gasteiger partial charge in [-0.15, -0.1) is 0 Å². The Hall–Kier alpha value is -2.14. The standard InChI is InChI=1S/C23H34N2O3/c1-6-8-9-14-23(5,28-7-2)22(26)25-19-12-13-20(27-16-17(3)4)21-18(19)11-10-15-24-21/h10-13,15,17H,6-9,14,16H2,1-5H3,(H,25,26)/t23-/m0/s1. The summed E-state index contributed by atoms with van der Waals surface area (Å²) in [5.41, 5.74) is 0.641. The fourth-order valence-electron chi connectivity index (χ4n) is 3.17. The number of benzene rings is 1. The molecule has 28 heavy (non-hydrogen) atoms. The van der Waals surface area contributed by atoms with Crippen molar-refractivity contribution in [3.63, 3.8) is 0 Å². The zero-order valence-corrected chi connectivity index (χ0v) is 17.9. The van der Waals surface area contributed by atoms with Gasteiger partial charge in [-0.2, -0.15) is 0 Å². The van der Waals surface area contributed by atoms with E-state index in [1.54, 1.807) is 6.20 Å². The van der Waals surface area contributed by atoms with Crippen LogP contribution in [-0.4, -0.2) is 29.7 Å². The summed E-state index contributed by atoms with van der Waals surface area (Å²) >= 11 is 0. The Morgan fingerprint density at radius 2 is 2.00 bits per heavy atom. The number of carbonyl (C=O) groups is 1. The zero-order valence-electron chi connectivity index (χ0n) is 17.9. The van der Waals surface area contributed by atoms with Crippen molar-refractivity contribution in [3.8, 4) is 5.75 Å². The van der Waals surface area contributed by atoms with Gasteiger partial charge in [0, 0.05) is 18.2 Å². The first-order valence-electron chi connectivity index (χ1n) is 10.4. The lowest BCUT2D eigenvalue weighted by Gasteiger charge is -2.28. The monoisotopic (exact) mass is 386 g/mol. The fourth-order valence-corrected chi connectivity index (χ4v) is 3.17. The molecule has 0 unspecified atom stereocenters. The first-order chi connectivity index (χ1) is 13.4. The molecule has 5 nitrogen and oxygen atoms in total. The van der Waals surface area contributed by atoms with E-state index >= 15 is 0 Å². The van der Waals surface area contributed by atoms with E-state index in [4.69, 9.17) is 9.47 Å². The van der Waals surface area contributed by atoms with Crippen molar-refractivity contribution in [2.75, 3.05) is 18.5 Å². The van der Waals surface area contributed by atoms with Crippen LogP contribution in [0.2, 0.25) is 0 Å². The van der Waals surface area contributed by atoms with Gasteiger partial charge < -0.3 is 14.8 Å². The van der Waals surface area contributed by atoms with Crippen LogP contribution in [0, 0.1) is 5.92 Å². The van der Waals surface area contributed by atoms with Crippen LogP contribution in [0.15, 0.2) is 30.5 Å². The molecule has 0 aliphatic heterocycles. The number of pyridine rings is 1. The van der Waals surface area contributed by atoms with Gasteiger partial charge in [-0.05, 0) is 50.5 Å². The van der Waals surface area contributed by atoms with E-state index in [0.29, 0.717) is 25.6 Å². The maximum Gasteiger partial charge on any atom is 0.256 e. The molecule has 0 bridgehead atoms. The van der Waals surface area contributed by atoms with Crippen LogP contribution in [0.3, 0.4) is 0 Å². The second-order valence-electron chi connectivity index (χ2n) is 7.79. The molecule has 5 heteroatoms.